The van der Waals surface area contributed by atoms with Gasteiger partial charge in [-0.25, -0.2) is 0 Å². The second kappa shape index (κ2) is 6.43. The number of hydrogen-bond donors (Lipinski definition) is 1. The predicted molar refractivity (Wildman–Crippen MR) is 90.3 cm³/mol. The molecular formula is C15H17IO4S. The molecule has 0 heterocycles. The summed E-state index contributed by atoms with van der Waals surface area (Å²) in [6, 6.07) is 11.7. The van der Waals surface area contributed by atoms with Crippen molar-refractivity contribution in [2.75, 3.05) is 0 Å². The number of hydrogen-bond acceptors (Lipinski definition) is 4. The fraction of sp³-hybridized carbons (Fsp3) is 0.200. The van der Waals surface area contributed by atoms with Crippen molar-refractivity contribution in [3.05, 3.63) is 62.7 Å². The first-order chi connectivity index (χ1) is 9.81. The van der Waals surface area contributed by atoms with Crippen molar-refractivity contribution >= 4 is 30.8 Å². The molecule has 0 bridgehead atoms. The standard InChI is InChI=1S/C15H17IO4S/c1-11-9-12(2)15(13(3)10-11)16(17)20-21(18,19)14-7-5-4-6-8-14/h4-10,17H,1-3H3. The molecule has 0 fully saturated rings. The van der Waals surface area contributed by atoms with E-state index in [4.69, 9.17) is 2.51 Å². The average molecular weight is 420 g/mol. The predicted octanol–water partition coefficient (Wildman–Crippen LogP) is 3.52. The van der Waals surface area contributed by atoms with E-state index < -0.39 is 30.8 Å². The van der Waals surface area contributed by atoms with Crippen LogP contribution in [0.3, 0.4) is 0 Å². The maximum absolute atomic E-state index is 12.2. The van der Waals surface area contributed by atoms with E-state index >= 15 is 0 Å². The maximum atomic E-state index is 12.2. The van der Waals surface area contributed by atoms with Crippen LogP contribution in [0.15, 0.2) is 47.4 Å². The molecule has 2 rings (SSSR count). The molecule has 2 aromatic carbocycles. The molecule has 0 saturated heterocycles. The van der Waals surface area contributed by atoms with Gasteiger partial charge in [0.15, 0.2) is 0 Å². The zero-order valence-electron chi connectivity index (χ0n) is 12.0. The summed E-state index contributed by atoms with van der Waals surface area (Å²) >= 11 is -3.24. The van der Waals surface area contributed by atoms with E-state index in [-0.39, 0.29) is 4.90 Å². The fourth-order valence-electron chi connectivity index (χ4n) is 2.15. The van der Waals surface area contributed by atoms with Crippen molar-refractivity contribution in [2.24, 2.45) is 0 Å². The Morgan fingerprint density at radius 1 is 1.00 bits per heavy atom. The molecule has 4 nitrogen and oxygen atoms in total. The van der Waals surface area contributed by atoms with Crippen molar-refractivity contribution in [3.8, 4) is 0 Å². The molecule has 0 amide bonds. The second-order valence-electron chi connectivity index (χ2n) is 4.77. The molecule has 6 heteroatoms. The summed E-state index contributed by atoms with van der Waals surface area (Å²) in [6.07, 6.45) is 0. The Bertz CT molecular complexity index is 719. The van der Waals surface area contributed by atoms with Crippen LogP contribution in [0, 0.1) is 24.3 Å². The topological polar surface area (TPSA) is 63.6 Å². The molecule has 0 atom stereocenters. The Balaban J connectivity index is 2.33. The molecule has 0 radical (unpaired) electrons. The van der Waals surface area contributed by atoms with Crippen LogP contribution < -0.4 is 0 Å². The van der Waals surface area contributed by atoms with E-state index in [1.165, 1.54) is 12.1 Å². The third-order valence-electron chi connectivity index (χ3n) is 2.92. The zero-order chi connectivity index (χ0) is 15.6. The first-order valence-electron chi connectivity index (χ1n) is 6.28. The number of benzene rings is 2. The van der Waals surface area contributed by atoms with Crippen LogP contribution in [0.2, 0.25) is 0 Å². The van der Waals surface area contributed by atoms with Gasteiger partial charge in [-0.2, -0.15) is 0 Å². The molecule has 0 aromatic heterocycles. The summed E-state index contributed by atoms with van der Waals surface area (Å²) in [7, 11) is -3.93. The fourth-order valence-corrected chi connectivity index (χ4v) is 7.21. The van der Waals surface area contributed by atoms with E-state index in [0.717, 1.165) is 16.7 Å². The quantitative estimate of drug-likeness (QED) is 0.770. The molecule has 0 unspecified atom stereocenters. The summed E-state index contributed by atoms with van der Waals surface area (Å²) < 4.78 is 40.4. The monoisotopic (exact) mass is 420 g/mol. The molecule has 114 valence electrons. The Kier molecular flexibility index (Phi) is 5.03. The van der Waals surface area contributed by atoms with Crippen molar-refractivity contribution < 1.29 is 14.4 Å². The van der Waals surface area contributed by atoms with Crippen molar-refractivity contribution in [1.82, 2.24) is 0 Å². The normalized spacial score (nSPS) is 12.3. The van der Waals surface area contributed by atoms with Crippen molar-refractivity contribution in [1.29, 1.82) is 0 Å². The van der Waals surface area contributed by atoms with Crippen LogP contribution in [0.1, 0.15) is 16.7 Å². The van der Waals surface area contributed by atoms with Crippen molar-refractivity contribution in [2.45, 2.75) is 25.7 Å². The van der Waals surface area contributed by atoms with Gasteiger partial charge in [0.05, 0.1) is 0 Å². The second-order valence-corrected chi connectivity index (χ2v) is 9.75. The zero-order valence-corrected chi connectivity index (χ0v) is 15.0. The summed E-state index contributed by atoms with van der Waals surface area (Å²) in [5.74, 6) is 0. The number of aryl methyl sites for hydroxylation is 3. The van der Waals surface area contributed by atoms with Crippen LogP contribution in [-0.4, -0.2) is 11.9 Å². The van der Waals surface area contributed by atoms with Gasteiger partial charge in [0.1, 0.15) is 0 Å². The molecule has 0 aliphatic heterocycles. The van der Waals surface area contributed by atoms with Crippen molar-refractivity contribution in [3.63, 3.8) is 0 Å². The Morgan fingerprint density at radius 3 is 2.05 bits per heavy atom. The summed E-state index contributed by atoms with van der Waals surface area (Å²) in [5.41, 5.74) is 2.80. The van der Waals surface area contributed by atoms with Gasteiger partial charge in [-0.15, -0.1) is 0 Å². The molecule has 0 aliphatic carbocycles. The van der Waals surface area contributed by atoms with Gasteiger partial charge in [0.2, 0.25) is 0 Å². The Labute approximate surface area is 133 Å². The van der Waals surface area contributed by atoms with Gasteiger partial charge in [-0.3, -0.25) is 0 Å². The van der Waals surface area contributed by atoms with Crippen LogP contribution >= 0.6 is 20.6 Å². The van der Waals surface area contributed by atoms with Gasteiger partial charge >= 0.3 is 134 Å². The van der Waals surface area contributed by atoms with Gasteiger partial charge < -0.3 is 0 Å². The van der Waals surface area contributed by atoms with Crippen LogP contribution in [0.4, 0.5) is 0 Å². The van der Waals surface area contributed by atoms with Crippen LogP contribution in [-0.2, 0) is 12.6 Å². The van der Waals surface area contributed by atoms with Gasteiger partial charge in [-0.1, -0.05) is 0 Å². The van der Waals surface area contributed by atoms with Crippen LogP contribution in [0.5, 0.6) is 0 Å². The van der Waals surface area contributed by atoms with E-state index in [0.29, 0.717) is 3.57 Å². The Hall–Kier alpha value is -0.960. The SMILES string of the molecule is Cc1cc(C)c(I(O)OS(=O)(=O)c2ccccc2)c(C)c1. The first kappa shape index (κ1) is 16.4. The third-order valence-corrected chi connectivity index (χ3v) is 9.12. The molecule has 1 N–H and O–H groups in total. The summed E-state index contributed by atoms with van der Waals surface area (Å²) in [5, 5.41) is 0. The third kappa shape index (κ3) is 3.82. The minimum atomic E-state index is -3.93. The van der Waals surface area contributed by atoms with E-state index in [9.17, 15) is 11.9 Å². The van der Waals surface area contributed by atoms with E-state index in [2.05, 4.69) is 0 Å². The summed E-state index contributed by atoms with van der Waals surface area (Å²) in [6.45, 7) is 5.67. The van der Waals surface area contributed by atoms with Gasteiger partial charge in [-0.05, 0) is 0 Å². The molecular weight excluding hydrogens is 403 g/mol. The molecule has 21 heavy (non-hydrogen) atoms. The number of rotatable bonds is 4. The molecule has 0 spiro atoms. The Morgan fingerprint density at radius 2 is 1.52 bits per heavy atom. The average Bonchev–Trinajstić information content (AvgIpc) is 2.37. The van der Waals surface area contributed by atoms with Crippen LogP contribution in [0.25, 0.3) is 0 Å². The number of halogens is 1. The van der Waals surface area contributed by atoms with Gasteiger partial charge in [0.25, 0.3) is 0 Å². The molecule has 0 aliphatic rings. The van der Waals surface area contributed by atoms with Gasteiger partial charge in [0, 0.05) is 0 Å². The van der Waals surface area contributed by atoms with E-state index in [1.54, 1.807) is 18.2 Å². The molecule has 2 aromatic rings. The van der Waals surface area contributed by atoms with E-state index in [1.807, 2.05) is 32.9 Å². The molecule has 0 saturated carbocycles. The first-order valence-corrected chi connectivity index (χ1v) is 10.6. The minimum absolute atomic E-state index is 0.0590. The summed E-state index contributed by atoms with van der Waals surface area (Å²) in [4.78, 5) is 0.0590.